The van der Waals surface area contributed by atoms with E-state index in [1.807, 2.05) is 0 Å². The number of aliphatic imine (C=N–C) groups is 2. The van der Waals surface area contributed by atoms with Gasteiger partial charge >= 0.3 is 18.0 Å². The average Bonchev–Trinajstić information content (AvgIpc) is 3.33. The maximum atomic E-state index is 12.2. The molecule has 0 aliphatic heterocycles. The van der Waals surface area contributed by atoms with Crippen LogP contribution in [0.1, 0.15) is 68.5 Å². The summed E-state index contributed by atoms with van der Waals surface area (Å²) in [5.74, 6) is -7.32. The molecule has 1 N–H and O–H groups in total. The monoisotopic (exact) mass is 694 g/mol. The Balaban J connectivity index is 0.000000512. The molecule has 0 saturated carbocycles. The van der Waals surface area contributed by atoms with Crippen molar-refractivity contribution >= 4 is 39.5 Å². The van der Waals surface area contributed by atoms with E-state index in [1.165, 1.54) is 44.2 Å². The van der Waals surface area contributed by atoms with Crippen molar-refractivity contribution in [2.45, 2.75) is 72.8 Å². The largest absolute Gasteiger partial charge is 0.477 e. The first-order valence-electron chi connectivity index (χ1n) is 14.9. The van der Waals surface area contributed by atoms with Crippen LogP contribution in [0, 0.1) is 0 Å². The van der Waals surface area contributed by atoms with Gasteiger partial charge in [-0.15, -0.1) is 0 Å². The van der Waals surface area contributed by atoms with Crippen LogP contribution in [0.2, 0.25) is 0 Å². The van der Waals surface area contributed by atoms with Crippen LogP contribution in [0.3, 0.4) is 0 Å². The van der Waals surface area contributed by atoms with Gasteiger partial charge < -0.3 is 9.84 Å². The molecule has 0 bridgehead atoms. The molecular weight excluding hydrogens is 655 g/mol. The average molecular weight is 695 g/mol. The number of benzene rings is 4. The maximum Gasteiger partial charge on any atom is 0.460 e. The standard InChI is InChI=1S/C32H32N2.C4H4F4O3.CH4.Ni/c1-5-21-13-9-14-22(6-2)29(21)33-31-26-19-11-17-25-18-12-20-27(28(25)26)32(31)34-30-23(7-3)15-10-16-24(30)8-4;1-11-3(5,2(9)10)4(6,7)8;;/h9-20H,5-8H2,1-4H3;1H3,(H,9,10);1H4;. The van der Waals surface area contributed by atoms with Crippen LogP contribution in [0.4, 0.5) is 28.9 Å². The molecule has 47 heavy (non-hydrogen) atoms. The number of hydrogen-bond donors (Lipinski definition) is 1. The summed E-state index contributed by atoms with van der Waals surface area (Å²) in [4.78, 5) is 20.5. The van der Waals surface area contributed by atoms with Gasteiger partial charge in [0.25, 0.3) is 0 Å². The Morgan fingerprint density at radius 2 is 1.02 bits per heavy atom. The quantitative estimate of drug-likeness (QED) is 0.147. The van der Waals surface area contributed by atoms with Gasteiger partial charge in [0.15, 0.2) is 0 Å². The number of carbonyl (C=O) groups is 1. The molecule has 1 atom stereocenters. The Morgan fingerprint density at radius 1 is 0.681 bits per heavy atom. The molecule has 1 aliphatic carbocycles. The van der Waals surface area contributed by atoms with Crippen LogP contribution in [-0.4, -0.2) is 41.6 Å². The van der Waals surface area contributed by atoms with Crippen LogP contribution in [0.5, 0.6) is 0 Å². The van der Waals surface area contributed by atoms with Crippen molar-refractivity contribution in [3.05, 3.63) is 106 Å². The molecule has 5 rings (SSSR count). The van der Waals surface area contributed by atoms with Gasteiger partial charge in [0, 0.05) is 40.1 Å². The molecule has 4 aromatic rings. The zero-order chi connectivity index (χ0) is 32.9. The Hall–Kier alpha value is -3.88. The van der Waals surface area contributed by atoms with Crippen LogP contribution < -0.4 is 0 Å². The first-order chi connectivity index (χ1) is 21.4. The number of methoxy groups -OCH3 is 1. The van der Waals surface area contributed by atoms with Gasteiger partial charge in [-0.1, -0.05) is 108 Å². The van der Waals surface area contributed by atoms with E-state index in [0.717, 1.165) is 48.5 Å². The van der Waals surface area contributed by atoms with Gasteiger partial charge in [-0.3, -0.25) is 0 Å². The van der Waals surface area contributed by atoms with Gasteiger partial charge in [-0.2, -0.15) is 17.6 Å². The summed E-state index contributed by atoms with van der Waals surface area (Å²) in [6, 6.07) is 26.2. The Morgan fingerprint density at radius 3 is 1.28 bits per heavy atom. The molecule has 0 radical (unpaired) electrons. The maximum absolute atomic E-state index is 12.2. The molecule has 1 unspecified atom stereocenters. The van der Waals surface area contributed by atoms with Crippen molar-refractivity contribution in [3.8, 4) is 0 Å². The number of nitrogens with zero attached hydrogens (tertiary/aromatic N) is 2. The zero-order valence-electron chi connectivity index (χ0n) is 26.2. The Labute approximate surface area is 283 Å². The molecule has 0 saturated heterocycles. The summed E-state index contributed by atoms with van der Waals surface area (Å²) in [7, 11) is 0.321. The van der Waals surface area contributed by atoms with Crippen molar-refractivity contribution in [3.63, 3.8) is 0 Å². The summed E-state index contributed by atoms with van der Waals surface area (Å²) >= 11 is 0. The second-order valence-corrected chi connectivity index (χ2v) is 10.5. The summed E-state index contributed by atoms with van der Waals surface area (Å²) in [6.45, 7) is 8.84. The van der Waals surface area contributed by atoms with E-state index >= 15 is 0 Å². The molecule has 0 heterocycles. The Bertz CT molecular complexity index is 1630. The minimum Gasteiger partial charge on any atom is -0.477 e. The number of carboxylic acids is 1. The van der Waals surface area contributed by atoms with Crippen LogP contribution in [-0.2, 0) is 51.7 Å². The van der Waals surface area contributed by atoms with E-state index < -0.39 is 18.0 Å². The third-order valence-electron chi connectivity index (χ3n) is 7.94. The molecule has 0 fully saturated rings. The first-order valence-corrected chi connectivity index (χ1v) is 14.9. The van der Waals surface area contributed by atoms with Crippen molar-refractivity contribution < 1.29 is 48.7 Å². The normalized spacial score (nSPS) is 15.0. The van der Waals surface area contributed by atoms with Crippen molar-refractivity contribution in [2.75, 3.05) is 7.11 Å². The van der Waals surface area contributed by atoms with E-state index in [1.54, 1.807) is 0 Å². The number of carboxylic acid groups (broad SMARTS) is 1. The summed E-state index contributed by atoms with van der Waals surface area (Å²) in [5, 5.41) is 10.3. The van der Waals surface area contributed by atoms with E-state index in [0.29, 0.717) is 7.11 Å². The van der Waals surface area contributed by atoms with Gasteiger partial charge in [0.1, 0.15) is 0 Å². The fourth-order valence-electron chi connectivity index (χ4n) is 5.48. The number of aryl methyl sites for hydroxylation is 4. The van der Waals surface area contributed by atoms with Gasteiger partial charge in [0.05, 0.1) is 22.8 Å². The third kappa shape index (κ3) is 7.65. The summed E-state index contributed by atoms with van der Waals surface area (Å²) in [5.41, 5.74) is 11.7. The van der Waals surface area contributed by atoms with E-state index in [4.69, 9.17) is 15.1 Å². The topological polar surface area (TPSA) is 71.2 Å². The van der Waals surface area contributed by atoms with Crippen LogP contribution in [0.15, 0.2) is 82.8 Å². The number of ether oxygens (including phenoxy) is 1. The second kappa shape index (κ2) is 16.3. The number of halogens is 4. The van der Waals surface area contributed by atoms with E-state index in [2.05, 4.69) is 105 Å². The number of rotatable bonds is 8. The molecule has 254 valence electrons. The second-order valence-electron chi connectivity index (χ2n) is 10.5. The molecule has 10 heteroatoms. The van der Waals surface area contributed by atoms with Gasteiger partial charge in [-0.05, 0) is 53.3 Å². The van der Waals surface area contributed by atoms with Crippen molar-refractivity contribution in [1.82, 2.24) is 0 Å². The van der Waals surface area contributed by atoms with Gasteiger partial charge in [-0.25, -0.2) is 14.8 Å². The zero-order valence-corrected chi connectivity index (χ0v) is 27.2. The minimum atomic E-state index is -5.56. The summed E-state index contributed by atoms with van der Waals surface area (Å²) in [6.07, 6.45) is -1.72. The van der Waals surface area contributed by atoms with E-state index in [9.17, 15) is 22.4 Å². The first kappa shape index (κ1) is 39.3. The smallest absolute Gasteiger partial charge is 0.460 e. The molecule has 5 nitrogen and oxygen atoms in total. The predicted molar refractivity (Wildman–Crippen MR) is 178 cm³/mol. The number of para-hydroxylation sites is 2. The molecular formula is C37H40F4N2NiO3. The third-order valence-corrected chi connectivity index (χ3v) is 7.94. The predicted octanol–water partition coefficient (Wildman–Crippen LogP) is 9.92. The fraction of sp³-hybridized carbons (Fsp3) is 0.324. The molecule has 4 aromatic carbocycles. The number of aliphatic carboxylic acids is 1. The SMILES string of the molecule is C.CCc1cccc(CC)c1N=C1C(=Nc2c(CC)cccc2CC)c2cccc3cccc1c23.COC(F)(C(=O)O)C(F)(F)F.[Ni]. The molecule has 0 amide bonds. The van der Waals surface area contributed by atoms with Gasteiger partial charge in [0.2, 0.25) is 0 Å². The fourth-order valence-corrected chi connectivity index (χ4v) is 5.48. The number of hydrogen-bond acceptors (Lipinski definition) is 4. The van der Waals surface area contributed by atoms with Crippen molar-refractivity contribution in [2.24, 2.45) is 9.98 Å². The number of alkyl halides is 4. The van der Waals surface area contributed by atoms with E-state index in [-0.39, 0.29) is 23.9 Å². The molecule has 0 aromatic heterocycles. The van der Waals surface area contributed by atoms with Crippen molar-refractivity contribution in [1.29, 1.82) is 0 Å². The van der Waals surface area contributed by atoms with Crippen LogP contribution >= 0.6 is 0 Å². The van der Waals surface area contributed by atoms with Crippen LogP contribution in [0.25, 0.3) is 10.8 Å². The summed E-state index contributed by atoms with van der Waals surface area (Å²) < 4.78 is 49.8. The Kier molecular flexibility index (Phi) is 13.6. The molecule has 1 aliphatic rings. The molecule has 0 spiro atoms. The minimum absolute atomic E-state index is 0.